The summed E-state index contributed by atoms with van der Waals surface area (Å²) in [5.74, 6) is 0.738. The van der Waals surface area contributed by atoms with Gasteiger partial charge in [-0.15, -0.1) is 0 Å². The average Bonchev–Trinajstić information content (AvgIpc) is 3.40. The van der Waals surface area contributed by atoms with Crippen LogP contribution in [0.1, 0.15) is 19.8 Å². The molecule has 0 bridgehead atoms. The lowest BCUT2D eigenvalue weighted by Gasteiger charge is -2.31. The van der Waals surface area contributed by atoms with Crippen molar-refractivity contribution in [2.45, 2.75) is 25.8 Å². The van der Waals surface area contributed by atoms with Crippen molar-refractivity contribution in [3.8, 4) is 22.6 Å². The van der Waals surface area contributed by atoms with E-state index in [1.807, 2.05) is 0 Å². The number of halogens is 2. The molecule has 4 aromatic rings. The van der Waals surface area contributed by atoms with E-state index in [1.165, 1.54) is 18.4 Å². The number of nitrogens with zero attached hydrogens (tertiary/aromatic N) is 5. The molecule has 180 valence electrons. The minimum atomic E-state index is -0.435. The first-order chi connectivity index (χ1) is 16.9. The van der Waals surface area contributed by atoms with Crippen molar-refractivity contribution in [3.63, 3.8) is 0 Å². The van der Waals surface area contributed by atoms with E-state index in [9.17, 15) is 9.18 Å². The summed E-state index contributed by atoms with van der Waals surface area (Å²) >= 11 is 6.33. The van der Waals surface area contributed by atoms with Gasteiger partial charge in [-0.2, -0.15) is 4.98 Å². The van der Waals surface area contributed by atoms with E-state index in [0.717, 1.165) is 0 Å². The third-order valence-electron chi connectivity index (χ3n) is 5.69. The second-order valence-electron chi connectivity index (χ2n) is 8.23. The Hall–Kier alpha value is -3.92. The van der Waals surface area contributed by atoms with Crippen LogP contribution in [0, 0.1) is 5.82 Å². The Morgan fingerprint density at radius 3 is 2.83 bits per heavy atom. The Kier molecular flexibility index (Phi) is 6.12. The number of nitrogens with one attached hydrogen (secondary N) is 1. The topological polar surface area (TPSA) is 97.8 Å². The number of ether oxygens (including phenoxy) is 1. The van der Waals surface area contributed by atoms with Crippen LogP contribution in [-0.2, 0) is 4.74 Å². The molecule has 0 atom stereocenters. The number of piperidine rings is 1. The van der Waals surface area contributed by atoms with Crippen molar-refractivity contribution in [2.75, 3.05) is 18.4 Å². The number of carbonyl (C=O) groups is 1. The maximum Gasteiger partial charge on any atom is 0.414 e. The molecule has 0 radical (unpaired) electrons. The molecular formula is C24H22ClFN6O3. The van der Waals surface area contributed by atoms with E-state index in [0.29, 0.717) is 66.1 Å². The molecule has 1 aliphatic heterocycles. The van der Waals surface area contributed by atoms with Crippen LogP contribution in [0.25, 0.3) is 28.5 Å². The Morgan fingerprint density at radius 1 is 1.29 bits per heavy atom. The quantitative estimate of drug-likeness (QED) is 0.370. The number of aromatic nitrogens is 4. The Morgan fingerprint density at radius 2 is 2.09 bits per heavy atom. The predicted octanol–water partition coefficient (Wildman–Crippen LogP) is 5.39. The van der Waals surface area contributed by atoms with E-state index in [-0.39, 0.29) is 17.2 Å². The first-order valence-corrected chi connectivity index (χ1v) is 11.4. The lowest BCUT2D eigenvalue weighted by molar-refractivity contribution is 0.119. The van der Waals surface area contributed by atoms with Crippen LogP contribution in [0.2, 0.25) is 5.02 Å². The Balaban J connectivity index is 1.39. The number of allylic oxidation sites excluding steroid dienone is 1. The number of anilines is 1. The summed E-state index contributed by atoms with van der Waals surface area (Å²) in [5.41, 5.74) is 2.31. The standard InChI is InChI=1S/C24H22ClFN6O3/c1-14(2)35-24(33)31-9-6-16(7-10-31)28-22-27-8-5-19(29-22)21-20(30-23-32(21)11-12-34-23)17-4-3-15(26)13-18(17)25/h3-5,8,11-13,16H,1,6-7,9-10H2,2H3,(H,27,28,29). The van der Waals surface area contributed by atoms with Crippen molar-refractivity contribution >= 4 is 29.5 Å². The van der Waals surface area contributed by atoms with Gasteiger partial charge in [-0.1, -0.05) is 18.2 Å². The predicted molar refractivity (Wildman–Crippen MR) is 128 cm³/mol. The maximum atomic E-state index is 13.6. The SMILES string of the molecule is C=C(C)OC(=O)N1CCC(Nc2nccc(-c3c(-c4ccc(F)cc4Cl)nc4occn34)n2)CC1. The molecule has 1 amide bonds. The highest BCUT2D eigenvalue weighted by Crippen LogP contribution is 2.36. The molecule has 11 heteroatoms. The molecule has 1 saturated heterocycles. The van der Waals surface area contributed by atoms with Gasteiger partial charge in [0.2, 0.25) is 5.95 Å². The highest BCUT2D eigenvalue weighted by atomic mass is 35.5. The third kappa shape index (κ3) is 4.69. The van der Waals surface area contributed by atoms with Gasteiger partial charge in [0.25, 0.3) is 0 Å². The third-order valence-corrected chi connectivity index (χ3v) is 6.01. The molecule has 1 aromatic carbocycles. The highest BCUT2D eigenvalue weighted by Gasteiger charge is 2.25. The van der Waals surface area contributed by atoms with Gasteiger partial charge in [0.1, 0.15) is 23.5 Å². The van der Waals surface area contributed by atoms with Gasteiger partial charge in [-0.25, -0.2) is 19.2 Å². The summed E-state index contributed by atoms with van der Waals surface area (Å²) in [7, 11) is 0. The highest BCUT2D eigenvalue weighted by molar-refractivity contribution is 6.33. The number of amides is 1. The largest absolute Gasteiger partial charge is 0.432 e. The number of hydrogen-bond acceptors (Lipinski definition) is 7. The lowest BCUT2D eigenvalue weighted by atomic mass is 10.1. The van der Waals surface area contributed by atoms with Gasteiger partial charge in [0.15, 0.2) is 0 Å². The average molecular weight is 497 g/mol. The van der Waals surface area contributed by atoms with Crippen LogP contribution in [-0.4, -0.2) is 49.5 Å². The molecule has 0 aliphatic carbocycles. The van der Waals surface area contributed by atoms with Crippen molar-refractivity contribution in [1.82, 2.24) is 24.3 Å². The first-order valence-electron chi connectivity index (χ1n) is 11.0. The molecule has 9 nitrogen and oxygen atoms in total. The zero-order chi connectivity index (χ0) is 24.5. The molecule has 4 heterocycles. The fraction of sp³-hybridized carbons (Fsp3) is 0.250. The second-order valence-corrected chi connectivity index (χ2v) is 8.64. The van der Waals surface area contributed by atoms with Gasteiger partial charge in [-0.05, 0) is 44.0 Å². The van der Waals surface area contributed by atoms with Crippen LogP contribution >= 0.6 is 11.6 Å². The Bertz CT molecular complexity index is 1410. The van der Waals surface area contributed by atoms with Crippen LogP contribution in [0.4, 0.5) is 15.1 Å². The van der Waals surface area contributed by atoms with Crippen LogP contribution < -0.4 is 5.32 Å². The van der Waals surface area contributed by atoms with Gasteiger partial charge in [0, 0.05) is 37.1 Å². The van der Waals surface area contributed by atoms with Crippen LogP contribution in [0.15, 0.2) is 59.7 Å². The smallest absolute Gasteiger partial charge is 0.414 e. The summed E-state index contributed by atoms with van der Waals surface area (Å²) in [5, 5.41) is 3.59. The number of carbonyl (C=O) groups excluding carboxylic acids is 1. The Labute approximate surface area is 205 Å². The molecule has 3 aromatic heterocycles. The molecule has 1 N–H and O–H groups in total. The molecule has 0 saturated carbocycles. The number of rotatable bonds is 5. The fourth-order valence-electron chi connectivity index (χ4n) is 4.06. The zero-order valence-electron chi connectivity index (χ0n) is 18.9. The van der Waals surface area contributed by atoms with E-state index in [2.05, 4.69) is 21.9 Å². The molecule has 5 rings (SSSR count). The van der Waals surface area contributed by atoms with E-state index in [1.54, 1.807) is 40.8 Å². The molecule has 0 unspecified atom stereocenters. The van der Waals surface area contributed by atoms with E-state index in [4.69, 9.17) is 25.7 Å². The number of likely N-dealkylation sites (tertiary alicyclic amines) is 1. The zero-order valence-corrected chi connectivity index (χ0v) is 19.6. The van der Waals surface area contributed by atoms with Crippen molar-refractivity contribution in [2.24, 2.45) is 0 Å². The van der Waals surface area contributed by atoms with Crippen molar-refractivity contribution in [3.05, 3.63) is 66.1 Å². The van der Waals surface area contributed by atoms with Gasteiger partial charge >= 0.3 is 11.9 Å². The lowest BCUT2D eigenvalue weighted by Crippen LogP contribution is -2.42. The summed E-state index contributed by atoms with van der Waals surface area (Å²) in [6, 6.07) is 6.00. The van der Waals surface area contributed by atoms with E-state index >= 15 is 0 Å². The van der Waals surface area contributed by atoms with Gasteiger partial charge in [0.05, 0.1) is 16.5 Å². The second kappa shape index (κ2) is 9.38. The van der Waals surface area contributed by atoms with E-state index < -0.39 is 5.82 Å². The molecule has 35 heavy (non-hydrogen) atoms. The summed E-state index contributed by atoms with van der Waals surface area (Å²) in [6.07, 6.45) is 5.95. The molecule has 0 spiro atoms. The normalized spacial score (nSPS) is 14.3. The maximum absolute atomic E-state index is 13.6. The molecule has 1 fully saturated rings. The summed E-state index contributed by atoms with van der Waals surface area (Å²) in [4.78, 5) is 27.4. The van der Waals surface area contributed by atoms with Crippen LogP contribution in [0.3, 0.4) is 0 Å². The number of fused-ring (bicyclic) bond motifs is 1. The molecular weight excluding hydrogens is 475 g/mol. The van der Waals surface area contributed by atoms with Crippen molar-refractivity contribution < 1.29 is 18.3 Å². The number of benzene rings is 1. The minimum Gasteiger partial charge on any atom is -0.432 e. The fourth-order valence-corrected chi connectivity index (χ4v) is 4.32. The summed E-state index contributed by atoms with van der Waals surface area (Å²) in [6.45, 7) is 6.35. The minimum absolute atomic E-state index is 0.0875. The number of imidazole rings is 1. The number of hydrogen-bond donors (Lipinski definition) is 1. The number of oxazole rings is 1. The van der Waals surface area contributed by atoms with Gasteiger partial charge in [-0.3, -0.25) is 4.40 Å². The summed E-state index contributed by atoms with van der Waals surface area (Å²) < 4.78 is 26.0. The monoisotopic (exact) mass is 496 g/mol. The first kappa shape index (κ1) is 22.9. The molecule has 1 aliphatic rings. The van der Waals surface area contributed by atoms with Crippen LogP contribution in [0.5, 0.6) is 0 Å². The van der Waals surface area contributed by atoms with Gasteiger partial charge < -0.3 is 19.4 Å². The van der Waals surface area contributed by atoms with Crippen molar-refractivity contribution in [1.29, 1.82) is 0 Å².